The zero-order chi connectivity index (χ0) is 16.6. The third-order valence-corrected chi connectivity index (χ3v) is 5.34. The van der Waals surface area contributed by atoms with Crippen molar-refractivity contribution in [1.29, 1.82) is 0 Å². The molecule has 4 nitrogen and oxygen atoms in total. The van der Waals surface area contributed by atoms with E-state index in [4.69, 9.17) is 16.3 Å². The van der Waals surface area contributed by atoms with Crippen molar-refractivity contribution in [3.8, 4) is 5.75 Å². The minimum absolute atomic E-state index is 0.306. The largest absolute Gasteiger partial charge is 0.495 e. The molecular weight excluding hydrogens is 468 g/mol. The van der Waals surface area contributed by atoms with Gasteiger partial charge < -0.3 is 4.74 Å². The first-order chi connectivity index (χ1) is 11.0. The Labute approximate surface area is 158 Å². The quantitative estimate of drug-likeness (QED) is 0.525. The number of nitrogens with one attached hydrogen (secondary N) is 1. The van der Waals surface area contributed by atoms with Gasteiger partial charge in [-0.2, -0.15) is 0 Å². The molecule has 3 rings (SSSR count). The zero-order valence-electron chi connectivity index (χ0n) is 11.7. The van der Waals surface area contributed by atoms with Gasteiger partial charge in [-0.3, -0.25) is 10.1 Å². The number of carbonyl (C=O) groups excluding carboxylic acids is 1. The number of fused-ring (bicyclic) bond motifs is 1. The molecule has 3 aromatic rings. The Balaban J connectivity index is 1.96. The first-order valence-electron chi connectivity index (χ1n) is 6.39. The molecule has 1 amide bonds. The second-order valence-corrected chi connectivity index (χ2v) is 7.74. The third-order valence-electron chi connectivity index (χ3n) is 3.05. The molecule has 0 aliphatic carbocycles. The maximum absolute atomic E-state index is 12.6. The molecule has 0 radical (unpaired) electrons. The van der Waals surface area contributed by atoms with Gasteiger partial charge in [0.2, 0.25) is 0 Å². The van der Waals surface area contributed by atoms with E-state index in [-0.39, 0.29) is 5.91 Å². The van der Waals surface area contributed by atoms with Crippen molar-refractivity contribution in [2.24, 2.45) is 0 Å². The van der Waals surface area contributed by atoms with Crippen LogP contribution in [0.3, 0.4) is 0 Å². The molecule has 0 saturated heterocycles. The summed E-state index contributed by atoms with van der Waals surface area (Å²) in [5, 5.41) is 3.83. The predicted octanol–water partition coefficient (Wildman–Crippen LogP) is 5.74. The molecule has 0 saturated carbocycles. The second-order valence-electron chi connectivity index (χ2n) is 4.53. The molecule has 0 atom stereocenters. The van der Waals surface area contributed by atoms with Crippen molar-refractivity contribution in [3.63, 3.8) is 0 Å². The maximum atomic E-state index is 12.6. The topological polar surface area (TPSA) is 51.2 Å². The van der Waals surface area contributed by atoms with Crippen LogP contribution < -0.4 is 10.1 Å². The summed E-state index contributed by atoms with van der Waals surface area (Å²) in [4.78, 5) is 16.9. The molecule has 0 aliphatic heterocycles. The van der Waals surface area contributed by atoms with Crippen molar-refractivity contribution < 1.29 is 9.53 Å². The van der Waals surface area contributed by atoms with Crippen molar-refractivity contribution >= 4 is 76.1 Å². The molecular formula is C15H9Br2ClN2O2S. The first kappa shape index (κ1) is 16.7. The van der Waals surface area contributed by atoms with Crippen LogP contribution in [0, 0.1) is 0 Å². The van der Waals surface area contributed by atoms with E-state index < -0.39 is 0 Å². The summed E-state index contributed by atoms with van der Waals surface area (Å²) in [5.41, 5.74) is 1.08. The number of anilines is 1. The lowest BCUT2D eigenvalue weighted by atomic mass is 10.2. The van der Waals surface area contributed by atoms with Crippen molar-refractivity contribution in [2.75, 3.05) is 12.4 Å². The van der Waals surface area contributed by atoms with E-state index in [1.807, 2.05) is 18.2 Å². The van der Waals surface area contributed by atoms with Gasteiger partial charge in [0.1, 0.15) is 11.3 Å². The number of para-hydroxylation sites is 1. The number of nitrogens with zero attached hydrogens (tertiary/aromatic N) is 1. The summed E-state index contributed by atoms with van der Waals surface area (Å²) in [6, 6.07) is 9.03. The Morgan fingerprint density at radius 2 is 2.13 bits per heavy atom. The van der Waals surface area contributed by atoms with Gasteiger partial charge in [0.15, 0.2) is 5.13 Å². The highest BCUT2D eigenvalue weighted by Gasteiger charge is 2.18. The smallest absolute Gasteiger partial charge is 0.261 e. The van der Waals surface area contributed by atoms with E-state index in [0.29, 0.717) is 31.5 Å². The summed E-state index contributed by atoms with van der Waals surface area (Å²) in [6.45, 7) is 0. The van der Waals surface area contributed by atoms with E-state index in [1.165, 1.54) is 18.4 Å². The highest BCUT2D eigenvalue weighted by atomic mass is 79.9. The molecule has 1 N–H and O–H groups in total. The molecule has 2 aromatic carbocycles. The van der Waals surface area contributed by atoms with Crippen LogP contribution >= 0.6 is 54.8 Å². The highest BCUT2D eigenvalue weighted by Crippen LogP contribution is 2.34. The number of hydrogen-bond donors (Lipinski definition) is 1. The van der Waals surface area contributed by atoms with Crippen LogP contribution in [-0.2, 0) is 0 Å². The molecule has 23 heavy (non-hydrogen) atoms. The van der Waals surface area contributed by atoms with Gasteiger partial charge in [0, 0.05) is 4.47 Å². The number of halogens is 3. The van der Waals surface area contributed by atoms with Crippen molar-refractivity contribution in [2.45, 2.75) is 0 Å². The van der Waals surface area contributed by atoms with E-state index in [0.717, 1.165) is 9.17 Å². The van der Waals surface area contributed by atoms with Crippen molar-refractivity contribution in [1.82, 2.24) is 4.98 Å². The lowest BCUT2D eigenvalue weighted by Gasteiger charge is -2.10. The predicted molar refractivity (Wildman–Crippen MR) is 101 cm³/mol. The van der Waals surface area contributed by atoms with Crippen LogP contribution in [0.1, 0.15) is 10.4 Å². The number of carbonyl (C=O) groups is 1. The summed E-state index contributed by atoms with van der Waals surface area (Å²) in [7, 11) is 1.52. The summed E-state index contributed by atoms with van der Waals surface area (Å²) in [5.74, 6) is 0.156. The SMILES string of the molecule is COc1c(Br)cc(Br)cc1C(=O)Nc1nc2c(Cl)cccc2s1. The Morgan fingerprint density at radius 1 is 1.35 bits per heavy atom. The number of amides is 1. The first-order valence-corrected chi connectivity index (χ1v) is 9.17. The molecule has 0 spiro atoms. The Hall–Kier alpha value is -1.15. The average molecular weight is 477 g/mol. The summed E-state index contributed by atoms with van der Waals surface area (Å²) >= 11 is 14.2. The van der Waals surface area contributed by atoms with Crippen molar-refractivity contribution in [3.05, 3.63) is 49.9 Å². The number of hydrogen-bond acceptors (Lipinski definition) is 4. The van der Waals surface area contributed by atoms with Gasteiger partial charge in [-0.25, -0.2) is 4.98 Å². The highest BCUT2D eigenvalue weighted by molar-refractivity contribution is 9.11. The van der Waals surface area contributed by atoms with Crippen LogP contribution in [0.15, 0.2) is 39.3 Å². The molecule has 0 fully saturated rings. The fourth-order valence-electron chi connectivity index (χ4n) is 2.07. The van der Waals surface area contributed by atoms with Crippen LogP contribution in [0.5, 0.6) is 5.75 Å². The van der Waals surface area contributed by atoms with Gasteiger partial charge in [-0.05, 0) is 40.2 Å². The standard InChI is InChI=1S/C15H9Br2ClN2O2S/c1-22-13-8(5-7(16)6-9(13)17)14(21)20-15-19-12-10(18)3-2-4-11(12)23-15/h2-6H,1H3,(H,19,20,21). The normalized spacial score (nSPS) is 10.8. The molecule has 8 heteroatoms. The van der Waals surface area contributed by atoms with Gasteiger partial charge in [0.05, 0.1) is 26.9 Å². The number of ether oxygens (including phenoxy) is 1. The van der Waals surface area contributed by atoms with E-state index in [9.17, 15) is 4.79 Å². The van der Waals surface area contributed by atoms with Crippen LogP contribution in [0.25, 0.3) is 10.2 Å². The number of thiazole rings is 1. The number of methoxy groups -OCH3 is 1. The van der Waals surface area contributed by atoms with Crippen LogP contribution in [0.4, 0.5) is 5.13 Å². The molecule has 1 heterocycles. The molecule has 0 aliphatic rings. The Bertz CT molecular complexity index is 914. The Morgan fingerprint density at radius 3 is 2.83 bits per heavy atom. The lowest BCUT2D eigenvalue weighted by Crippen LogP contribution is -2.13. The minimum atomic E-state index is -0.306. The minimum Gasteiger partial charge on any atom is -0.495 e. The van der Waals surface area contributed by atoms with Gasteiger partial charge in [0.25, 0.3) is 5.91 Å². The molecule has 1 aromatic heterocycles. The van der Waals surface area contributed by atoms with Gasteiger partial charge >= 0.3 is 0 Å². The van der Waals surface area contributed by atoms with E-state index >= 15 is 0 Å². The number of benzene rings is 2. The third kappa shape index (κ3) is 3.38. The van der Waals surface area contributed by atoms with Crippen LogP contribution in [-0.4, -0.2) is 18.0 Å². The zero-order valence-corrected chi connectivity index (χ0v) is 16.4. The summed E-state index contributed by atoms with van der Waals surface area (Å²) < 4.78 is 7.67. The fraction of sp³-hybridized carbons (Fsp3) is 0.0667. The number of aromatic nitrogens is 1. The van der Waals surface area contributed by atoms with Gasteiger partial charge in [-0.15, -0.1) is 0 Å². The molecule has 0 unspecified atom stereocenters. The average Bonchev–Trinajstić information content (AvgIpc) is 2.90. The summed E-state index contributed by atoms with van der Waals surface area (Å²) in [6.07, 6.45) is 0. The maximum Gasteiger partial charge on any atom is 0.261 e. The monoisotopic (exact) mass is 474 g/mol. The van der Waals surface area contributed by atoms with E-state index in [1.54, 1.807) is 12.1 Å². The lowest BCUT2D eigenvalue weighted by molar-refractivity contribution is 0.102. The molecule has 0 bridgehead atoms. The van der Waals surface area contributed by atoms with E-state index in [2.05, 4.69) is 42.2 Å². The second kappa shape index (κ2) is 6.76. The molecule has 118 valence electrons. The van der Waals surface area contributed by atoms with Crippen LogP contribution in [0.2, 0.25) is 5.02 Å². The van der Waals surface area contributed by atoms with Gasteiger partial charge in [-0.1, -0.05) is 44.9 Å². The Kier molecular flexibility index (Phi) is 4.91. The number of rotatable bonds is 3. The fourth-order valence-corrected chi connectivity index (χ4v) is 4.62.